The lowest BCUT2D eigenvalue weighted by Gasteiger charge is -2.22. The third kappa shape index (κ3) is 3.59. The number of hydrogen-bond donors (Lipinski definition) is 1. The van der Waals surface area contributed by atoms with Crippen LogP contribution >= 0.6 is 0 Å². The lowest BCUT2D eigenvalue weighted by molar-refractivity contribution is -0.384. The van der Waals surface area contributed by atoms with Crippen molar-refractivity contribution in [1.29, 1.82) is 0 Å². The van der Waals surface area contributed by atoms with Crippen molar-refractivity contribution in [2.75, 3.05) is 23.8 Å². The van der Waals surface area contributed by atoms with Gasteiger partial charge in [-0.2, -0.15) is 0 Å². The Bertz CT molecular complexity index is 912. The molecule has 0 aliphatic carbocycles. The number of para-hydroxylation sites is 1. The maximum Gasteiger partial charge on any atom is 0.341 e. The van der Waals surface area contributed by atoms with Crippen molar-refractivity contribution in [2.24, 2.45) is 0 Å². The van der Waals surface area contributed by atoms with Gasteiger partial charge in [-0.15, -0.1) is 0 Å². The lowest BCUT2D eigenvalue weighted by atomic mass is 10.1. The molecule has 1 aliphatic heterocycles. The number of esters is 1. The molecule has 2 aromatic rings. The summed E-state index contributed by atoms with van der Waals surface area (Å²) in [5, 5.41) is 13.8. The lowest BCUT2D eigenvalue weighted by Crippen LogP contribution is -2.39. The summed E-state index contributed by atoms with van der Waals surface area (Å²) >= 11 is 0. The maximum absolute atomic E-state index is 12.7. The molecule has 0 saturated heterocycles. The number of nitrogens with zero attached hydrogens (tertiary/aromatic N) is 2. The second-order valence-corrected chi connectivity index (χ2v) is 6.15. The van der Waals surface area contributed by atoms with Gasteiger partial charge in [0.25, 0.3) is 11.6 Å². The first kappa shape index (κ1) is 18.4. The van der Waals surface area contributed by atoms with Gasteiger partial charge in [0.05, 0.1) is 10.5 Å². The van der Waals surface area contributed by atoms with Crippen LogP contribution < -0.4 is 10.2 Å². The summed E-state index contributed by atoms with van der Waals surface area (Å²) in [6.07, 6.45) is -0.273. The molecule has 3 rings (SSSR count). The number of non-ortho nitro benzene ring substituents is 1. The number of amides is 1. The summed E-state index contributed by atoms with van der Waals surface area (Å²) in [4.78, 5) is 37.2. The molecule has 0 fully saturated rings. The van der Waals surface area contributed by atoms with Crippen LogP contribution in [0.1, 0.15) is 22.8 Å². The summed E-state index contributed by atoms with van der Waals surface area (Å²) in [7, 11) is 1.59. The molecule has 1 amide bonds. The topological polar surface area (TPSA) is 102 Å². The molecule has 140 valence electrons. The highest BCUT2D eigenvalue weighted by molar-refractivity contribution is 6.02. The summed E-state index contributed by atoms with van der Waals surface area (Å²) in [6, 6.07) is 11.4. The summed E-state index contributed by atoms with van der Waals surface area (Å²) in [6.45, 7) is 2.02. The third-order valence-electron chi connectivity index (χ3n) is 4.49. The normalized spacial score (nSPS) is 13.6. The highest BCUT2D eigenvalue weighted by Gasteiger charge is 2.30. The van der Waals surface area contributed by atoms with Crippen molar-refractivity contribution >= 4 is 28.9 Å². The van der Waals surface area contributed by atoms with Gasteiger partial charge in [0.15, 0.2) is 6.10 Å². The van der Waals surface area contributed by atoms with Crippen LogP contribution in [-0.4, -0.2) is 36.5 Å². The van der Waals surface area contributed by atoms with E-state index in [1.54, 1.807) is 11.9 Å². The van der Waals surface area contributed by atoms with Crippen molar-refractivity contribution in [1.82, 2.24) is 0 Å². The van der Waals surface area contributed by atoms with Crippen LogP contribution in [0.4, 0.5) is 17.1 Å². The number of nitrogens with one attached hydrogen (secondary N) is 1. The Morgan fingerprint density at radius 1 is 1.26 bits per heavy atom. The Morgan fingerprint density at radius 3 is 2.70 bits per heavy atom. The quantitative estimate of drug-likeness (QED) is 0.494. The van der Waals surface area contributed by atoms with Gasteiger partial charge in [-0.05, 0) is 31.0 Å². The second kappa shape index (κ2) is 7.45. The zero-order chi connectivity index (χ0) is 19.6. The molecule has 1 N–H and O–H groups in total. The Labute approximate surface area is 155 Å². The average molecular weight is 369 g/mol. The molecule has 0 unspecified atom stereocenters. The molecule has 0 saturated carbocycles. The monoisotopic (exact) mass is 369 g/mol. The van der Waals surface area contributed by atoms with Crippen molar-refractivity contribution < 1.29 is 19.2 Å². The number of carbonyl (C=O) groups is 2. The second-order valence-electron chi connectivity index (χ2n) is 6.15. The fraction of sp³-hybridized carbons (Fsp3) is 0.263. The molecule has 0 spiro atoms. The van der Waals surface area contributed by atoms with E-state index in [2.05, 4.69) is 5.32 Å². The van der Waals surface area contributed by atoms with Crippen molar-refractivity contribution in [3.63, 3.8) is 0 Å². The fourth-order valence-electron chi connectivity index (χ4n) is 3.09. The SMILES string of the molecule is CNc1ccc([N+](=O)[O-])cc1C(=O)O[C@@H](C)C(=O)N1CCc2ccccc21. The number of rotatable bonds is 5. The van der Waals surface area contributed by atoms with Gasteiger partial charge < -0.3 is 15.0 Å². The minimum absolute atomic E-state index is 0.00757. The molecular weight excluding hydrogens is 350 g/mol. The largest absolute Gasteiger partial charge is 0.449 e. The van der Waals surface area contributed by atoms with Gasteiger partial charge in [-0.3, -0.25) is 14.9 Å². The Kier molecular flexibility index (Phi) is 5.07. The van der Waals surface area contributed by atoms with Crippen LogP contribution in [0.2, 0.25) is 0 Å². The number of hydrogen-bond acceptors (Lipinski definition) is 6. The van der Waals surface area contributed by atoms with E-state index in [0.29, 0.717) is 12.2 Å². The van der Waals surface area contributed by atoms with Crippen molar-refractivity contribution in [3.05, 3.63) is 63.7 Å². The van der Waals surface area contributed by atoms with E-state index in [-0.39, 0.29) is 17.2 Å². The smallest absolute Gasteiger partial charge is 0.341 e. The number of anilines is 2. The minimum Gasteiger partial charge on any atom is -0.449 e. The fourth-order valence-corrected chi connectivity index (χ4v) is 3.09. The highest BCUT2D eigenvalue weighted by atomic mass is 16.6. The predicted octanol–water partition coefficient (Wildman–Crippen LogP) is 2.77. The van der Waals surface area contributed by atoms with Gasteiger partial charge in [0.1, 0.15) is 0 Å². The minimum atomic E-state index is -1.02. The first-order valence-electron chi connectivity index (χ1n) is 8.49. The van der Waals surface area contributed by atoms with E-state index in [1.165, 1.54) is 19.1 Å². The number of ether oxygens (including phenoxy) is 1. The van der Waals surface area contributed by atoms with Gasteiger partial charge in [0, 0.05) is 37.1 Å². The molecular formula is C19H19N3O5. The van der Waals surface area contributed by atoms with Crippen molar-refractivity contribution in [2.45, 2.75) is 19.4 Å². The Hall–Kier alpha value is -3.42. The first-order chi connectivity index (χ1) is 12.9. The van der Waals surface area contributed by atoms with E-state index in [1.807, 2.05) is 24.3 Å². The van der Waals surface area contributed by atoms with E-state index >= 15 is 0 Å². The summed E-state index contributed by atoms with van der Waals surface area (Å²) < 4.78 is 5.31. The predicted molar refractivity (Wildman–Crippen MR) is 100 cm³/mol. The van der Waals surface area contributed by atoms with E-state index in [4.69, 9.17) is 4.74 Å². The number of benzene rings is 2. The third-order valence-corrected chi connectivity index (χ3v) is 4.49. The number of nitro benzene ring substituents is 1. The van der Waals surface area contributed by atoms with Crippen LogP contribution in [0.5, 0.6) is 0 Å². The molecule has 8 heteroatoms. The maximum atomic E-state index is 12.7. The number of carbonyl (C=O) groups excluding carboxylic acids is 2. The van der Waals surface area contributed by atoms with Gasteiger partial charge in [0.2, 0.25) is 0 Å². The molecule has 0 radical (unpaired) electrons. The van der Waals surface area contributed by atoms with Crippen LogP contribution in [0.3, 0.4) is 0 Å². The zero-order valence-electron chi connectivity index (χ0n) is 15.0. The van der Waals surface area contributed by atoms with Gasteiger partial charge >= 0.3 is 5.97 Å². The summed E-state index contributed by atoms with van der Waals surface area (Å²) in [5.74, 6) is -1.12. The molecule has 1 heterocycles. The average Bonchev–Trinajstić information content (AvgIpc) is 3.10. The standard InChI is InChI=1S/C19H19N3O5/c1-12(18(23)21-10-9-13-5-3-4-6-17(13)21)27-19(24)15-11-14(22(25)26)7-8-16(15)20-2/h3-8,11-12,20H,9-10H2,1-2H3/t12-/m0/s1. The molecule has 27 heavy (non-hydrogen) atoms. The van der Waals surface area contributed by atoms with Crippen molar-refractivity contribution in [3.8, 4) is 0 Å². The van der Waals surface area contributed by atoms with Crippen LogP contribution in [0.15, 0.2) is 42.5 Å². The summed E-state index contributed by atoms with van der Waals surface area (Å²) in [5.41, 5.74) is 2.05. The Morgan fingerprint density at radius 2 is 2.00 bits per heavy atom. The highest BCUT2D eigenvalue weighted by Crippen LogP contribution is 2.29. The van der Waals surface area contributed by atoms with E-state index < -0.39 is 17.0 Å². The Balaban J connectivity index is 1.77. The van der Waals surface area contributed by atoms with E-state index in [0.717, 1.165) is 23.7 Å². The van der Waals surface area contributed by atoms with E-state index in [9.17, 15) is 19.7 Å². The van der Waals surface area contributed by atoms with Crippen LogP contribution in [0.25, 0.3) is 0 Å². The molecule has 8 nitrogen and oxygen atoms in total. The molecule has 0 aromatic heterocycles. The number of nitro groups is 1. The molecule has 0 bridgehead atoms. The van der Waals surface area contributed by atoms with Crippen LogP contribution in [0, 0.1) is 10.1 Å². The number of fused-ring (bicyclic) bond motifs is 1. The zero-order valence-corrected chi connectivity index (χ0v) is 15.0. The molecule has 1 atom stereocenters. The van der Waals surface area contributed by atoms with Crippen LogP contribution in [-0.2, 0) is 16.0 Å². The molecule has 2 aromatic carbocycles. The first-order valence-corrected chi connectivity index (χ1v) is 8.49. The van der Waals surface area contributed by atoms with Gasteiger partial charge in [-0.25, -0.2) is 4.79 Å². The molecule has 1 aliphatic rings. The van der Waals surface area contributed by atoms with Gasteiger partial charge in [-0.1, -0.05) is 18.2 Å².